The summed E-state index contributed by atoms with van der Waals surface area (Å²) in [6.45, 7) is 2.23. The molecule has 1 atom stereocenters. The van der Waals surface area contributed by atoms with Crippen molar-refractivity contribution >= 4 is 28.6 Å². The summed E-state index contributed by atoms with van der Waals surface area (Å²) in [4.78, 5) is 18.9. The molecule has 1 heterocycles. The van der Waals surface area contributed by atoms with E-state index in [4.69, 9.17) is 0 Å². The van der Waals surface area contributed by atoms with Crippen molar-refractivity contribution in [3.05, 3.63) is 54.6 Å². The number of carbonyl (C=O) groups is 1. The summed E-state index contributed by atoms with van der Waals surface area (Å²) in [6.07, 6.45) is -0.504. The molecule has 0 saturated heterocycles. The van der Waals surface area contributed by atoms with Crippen LogP contribution in [0.25, 0.3) is 11.0 Å². The molecule has 0 bridgehead atoms. The maximum atomic E-state index is 12.7. The fourth-order valence-electron chi connectivity index (χ4n) is 2.65. The molecule has 0 aliphatic heterocycles. The first-order valence-corrected chi connectivity index (χ1v) is 8.25. The molecule has 1 unspecified atom stereocenters. The Bertz CT molecular complexity index is 858. The number of rotatable bonds is 6. The molecule has 1 aromatic heterocycles. The van der Waals surface area contributed by atoms with Crippen LogP contribution in [0.2, 0.25) is 0 Å². The number of carbonyl (C=O) groups excluding carboxylic acids is 1. The first-order chi connectivity index (χ1) is 12.1. The van der Waals surface area contributed by atoms with Gasteiger partial charge in [0.2, 0.25) is 11.9 Å². The Morgan fingerprint density at radius 1 is 1.20 bits per heavy atom. The molecule has 0 fully saturated rings. The van der Waals surface area contributed by atoms with Gasteiger partial charge in [0.05, 0.1) is 17.1 Å². The molecule has 2 aromatic carbocycles. The van der Waals surface area contributed by atoms with E-state index in [-0.39, 0.29) is 12.5 Å². The zero-order valence-electron chi connectivity index (χ0n) is 14.4. The third-order valence-electron chi connectivity index (χ3n) is 4.02. The first-order valence-electron chi connectivity index (χ1n) is 8.25. The van der Waals surface area contributed by atoms with E-state index in [1.54, 1.807) is 18.9 Å². The molecule has 130 valence electrons. The maximum absolute atomic E-state index is 12.7. The molecular formula is C19H22N4O2. The van der Waals surface area contributed by atoms with Gasteiger partial charge in [0, 0.05) is 19.3 Å². The van der Waals surface area contributed by atoms with Crippen LogP contribution in [-0.4, -0.2) is 40.3 Å². The lowest BCUT2D eigenvalue weighted by Crippen LogP contribution is -2.30. The highest BCUT2D eigenvalue weighted by Crippen LogP contribution is 2.20. The normalized spacial score (nSPS) is 12.1. The predicted octanol–water partition coefficient (Wildman–Crippen LogP) is 2.49. The Balaban J connectivity index is 1.88. The number of nitrogens with one attached hydrogen (secondary N) is 1. The van der Waals surface area contributed by atoms with Gasteiger partial charge in [0.1, 0.15) is 6.54 Å². The molecule has 25 heavy (non-hydrogen) atoms. The molecule has 0 radical (unpaired) electrons. The van der Waals surface area contributed by atoms with Gasteiger partial charge in [0.25, 0.3) is 0 Å². The van der Waals surface area contributed by atoms with Crippen LogP contribution < -0.4 is 10.2 Å². The summed E-state index contributed by atoms with van der Waals surface area (Å²) in [7, 11) is 1.76. The molecule has 0 aliphatic carbocycles. The zero-order chi connectivity index (χ0) is 17.8. The van der Waals surface area contributed by atoms with E-state index in [0.29, 0.717) is 12.5 Å². The van der Waals surface area contributed by atoms with Crippen LogP contribution in [0.5, 0.6) is 0 Å². The van der Waals surface area contributed by atoms with Crippen LogP contribution in [-0.2, 0) is 11.3 Å². The average Bonchev–Trinajstić information content (AvgIpc) is 2.97. The zero-order valence-corrected chi connectivity index (χ0v) is 14.4. The van der Waals surface area contributed by atoms with Crippen LogP contribution in [0.3, 0.4) is 0 Å². The van der Waals surface area contributed by atoms with E-state index in [1.807, 2.05) is 59.2 Å². The van der Waals surface area contributed by atoms with Crippen molar-refractivity contribution in [2.45, 2.75) is 19.6 Å². The van der Waals surface area contributed by atoms with Crippen LogP contribution in [0, 0.1) is 0 Å². The van der Waals surface area contributed by atoms with Crippen molar-refractivity contribution in [3.8, 4) is 0 Å². The SMILES string of the molecule is CC(O)CNc1nc2ccccc2n1CC(=O)N(C)c1ccccc1. The van der Waals surface area contributed by atoms with Crippen LogP contribution >= 0.6 is 0 Å². The molecule has 6 nitrogen and oxygen atoms in total. The van der Waals surface area contributed by atoms with Gasteiger partial charge in [-0.2, -0.15) is 0 Å². The Morgan fingerprint density at radius 3 is 2.60 bits per heavy atom. The summed E-state index contributed by atoms with van der Waals surface area (Å²) in [5.41, 5.74) is 2.53. The summed E-state index contributed by atoms with van der Waals surface area (Å²) in [5.74, 6) is 0.534. The fourth-order valence-corrected chi connectivity index (χ4v) is 2.65. The highest BCUT2D eigenvalue weighted by Gasteiger charge is 2.17. The summed E-state index contributed by atoms with van der Waals surface area (Å²) >= 11 is 0. The number of aliphatic hydroxyl groups excluding tert-OH is 1. The predicted molar refractivity (Wildman–Crippen MR) is 99.8 cm³/mol. The van der Waals surface area contributed by atoms with Crippen molar-refractivity contribution < 1.29 is 9.90 Å². The van der Waals surface area contributed by atoms with Crippen LogP contribution in [0.15, 0.2) is 54.6 Å². The van der Waals surface area contributed by atoms with Gasteiger partial charge in [-0.15, -0.1) is 0 Å². The first kappa shape index (κ1) is 17.0. The standard InChI is InChI=1S/C19H22N4O2/c1-14(24)12-20-19-21-16-10-6-7-11-17(16)23(19)13-18(25)22(2)15-8-4-3-5-9-15/h3-11,14,24H,12-13H2,1-2H3,(H,20,21). The van der Waals surface area contributed by atoms with Gasteiger partial charge in [-0.25, -0.2) is 4.98 Å². The quantitative estimate of drug-likeness (QED) is 0.724. The minimum absolute atomic E-state index is 0.0468. The second kappa shape index (κ2) is 7.36. The number of likely N-dealkylation sites (N-methyl/N-ethyl adjacent to an activating group) is 1. The number of amides is 1. The molecule has 1 amide bonds. The number of nitrogens with zero attached hydrogens (tertiary/aromatic N) is 3. The van der Waals surface area contributed by atoms with Crippen molar-refractivity contribution in [3.63, 3.8) is 0 Å². The topological polar surface area (TPSA) is 70.4 Å². The minimum atomic E-state index is -0.504. The Morgan fingerprint density at radius 2 is 1.88 bits per heavy atom. The average molecular weight is 338 g/mol. The Kier molecular flexibility index (Phi) is 5.00. The smallest absolute Gasteiger partial charge is 0.246 e. The third kappa shape index (κ3) is 3.80. The highest BCUT2D eigenvalue weighted by molar-refractivity contribution is 5.94. The number of benzene rings is 2. The van der Waals surface area contributed by atoms with Crippen molar-refractivity contribution in [1.29, 1.82) is 0 Å². The number of anilines is 2. The summed E-state index contributed by atoms with van der Waals surface area (Å²) in [5, 5.41) is 12.6. The van der Waals surface area contributed by atoms with E-state index < -0.39 is 6.10 Å². The molecule has 6 heteroatoms. The molecule has 2 N–H and O–H groups in total. The van der Waals surface area contributed by atoms with E-state index in [1.165, 1.54) is 0 Å². The molecule has 3 aromatic rings. The molecule has 3 rings (SSSR count). The van der Waals surface area contributed by atoms with Gasteiger partial charge < -0.3 is 19.9 Å². The molecule has 0 aliphatic rings. The number of fused-ring (bicyclic) bond motifs is 1. The van der Waals surface area contributed by atoms with Gasteiger partial charge >= 0.3 is 0 Å². The number of imidazole rings is 1. The highest BCUT2D eigenvalue weighted by atomic mass is 16.3. The van der Waals surface area contributed by atoms with E-state index in [9.17, 15) is 9.90 Å². The second-order valence-electron chi connectivity index (χ2n) is 6.03. The number of para-hydroxylation sites is 3. The molecule has 0 spiro atoms. The Labute approximate surface area is 146 Å². The number of hydrogen-bond donors (Lipinski definition) is 2. The van der Waals surface area contributed by atoms with Gasteiger partial charge in [-0.05, 0) is 31.2 Å². The van der Waals surface area contributed by atoms with E-state index in [2.05, 4.69) is 10.3 Å². The lowest BCUT2D eigenvalue weighted by atomic mass is 10.3. The van der Waals surface area contributed by atoms with E-state index >= 15 is 0 Å². The maximum Gasteiger partial charge on any atom is 0.246 e. The lowest BCUT2D eigenvalue weighted by molar-refractivity contribution is -0.118. The molecular weight excluding hydrogens is 316 g/mol. The van der Waals surface area contributed by atoms with Crippen molar-refractivity contribution in [1.82, 2.24) is 9.55 Å². The Hall–Kier alpha value is -2.86. The monoisotopic (exact) mass is 338 g/mol. The fraction of sp³-hybridized carbons (Fsp3) is 0.263. The van der Waals surface area contributed by atoms with Crippen molar-refractivity contribution in [2.24, 2.45) is 0 Å². The minimum Gasteiger partial charge on any atom is -0.392 e. The molecule has 0 saturated carbocycles. The van der Waals surface area contributed by atoms with Gasteiger partial charge in [-0.1, -0.05) is 30.3 Å². The lowest BCUT2D eigenvalue weighted by Gasteiger charge is -2.19. The van der Waals surface area contributed by atoms with E-state index in [0.717, 1.165) is 16.7 Å². The number of hydrogen-bond acceptors (Lipinski definition) is 4. The summed E-state index contributed by atoms with van der Waals surface area (Å²) in [6, 6.07) is 17.2. The van der Waals surface area contributed by atoms with Crippen LogP contribution in [0.4, 0.5) is 11.6 Å². The van der Waals surface area contributed by atoms with Crippen LogP contribution in [0.1, 0.15) is 6.92 Å². The number of aromatic nitrogens is 2. The van der Waals surface area contributed by atoms with Crippen molar-refractivity contribution in [2.75, 3.05) is 23.8 Å². The number of aliphatic hydroxyl groups is 1. The van der Waals surface area contributed by atoms with Gasteiger partial charge in [0.15, 0.2) is 0 Å². The second-order valence-corrected chi connectivity index (χ2v) is 6.03. The summed E-state index contributed by atoms with van der Waals surface area (Å²) < 4.78 is 1.85. The van der Waals surface area contributed by atoms with Gasteiger partial charge in [-0.3, -0.25) is 4.79 Å². The third-order valence-corrected chi connectivity index (χ3v) is 4.02. The largest absolute Gasteiger partial charge is 0.392 e.